The van der Waals surface area contributed by atoms with Gasteiger partial charge in [-0.25, -0.2) is 0 Å². The molecule has 1 heterocycles. The van der Waals surface area contributed by atoms with Crippen molar-refractivity contribution in [2.24, 2.45) is 5.73 Å². The Balaban J connectivity index is 1.68. The maximum absolute atomic E-state index is 12.8. The topological polar surface area (TPSA) is 163 Å². The summed E-state index contributed by atoms with van der Waals surface area (Å²) in [5, 5.41) is 28.9. The van der Waals surface area contributed by atoms with Crippen molar-refractivity contribution < 1.29 is 29.3 Å². The third kappa shape index (κ3) is 5.84. The Morgan fingerprint density at radius 3 is 2.56 bits per heavy atom. The van der Waals surface area contributed by atoms with E-state index in [1.54, 1.807) is 31.4 Å². The van der Waals surface area contributed by atoms with E-state index in [-0.39, 0.29) is 30.4 Å². The van der Waals surface area contributed by atoms with Crippen LogP contribution in [0.5, 0.6) is 5.75 Å². The zero-order valence-electron chi connectivity index (χ0n) is 17.9. The second-order valence-electron chi connectivity index (χ2n) is 8.12. The summed E-state index contributed by atoms with van der Waals surface area (Å²) in [6.07, 6.45) is 0.552. The van der Waals surface area contributed by atoms with Gasteiger partial charge in [0.1, 0.15) is 17.9 Å². The minimum atomic E-state index is -1.25. The third-order valence-corrected chi connectivity index (χ3v) is 5.80. The SMILES string of the molecule is COc1ccc(CC(NC(=O)C2=CC(NC(=O)C3CCCN3)C(O)C(O)C2)C(N)=O)cc1. The first-order chi connectivity index (χ1) is 15.3. The van der Waals surface area contributed by atoms with Crippen molar-refractivity contribution >= 4 is 17.7 Å². The van der Waals surface area contributed by atoms with Gasteiger partial charge in [-0.15, -0.1) is 0 Å². The molecule has 3 rings (SSSR count). The first kappa shape index (κ1) is 23.7. The highest BCUT2D eigenvalue weighted by Gasteiger charge is 2.35. The summed E-state index contributed by atoms with van der Waals surface area (Å²) < 4.78 is 5.11. The minimum absolute atomic E-state index is 0.116. The van der Waals surface area contributed by atoms with E-state index in [2.05, 4.69) is 16.0 Å². The quantitative estimate of drug-likeness (QED) is 0.283. The molecule has 2 aliphatic rings. The Morgan fingerprint density at radius 2 is 1.97 bits per heavy atom. The summed E-state index contributed by atoms with van der Waals surface area (Å²) in [4.78, 5) is 37.1. The number of carbonyl (C=O) groups excluding carboxylic acids is 3. The molecule has 10 heteroatoms. The molecule has 0 bridgehead atoms. The summed E-state index contributed by atoms with van der Waals surface area (Å²) >= 11 is 0. The van der Waals surface area contributed by atoms with Crippen LogP contribution < -0.4 is 26.4 Å². The molecule has 174 valence electrons. The summed E-state index contributed by atoms with van der Waals surface area (Å²) in [5.41, 5.74) is 6.42. The molecule has 1 saturated heterocycles. The Hall–Kier alpha value is -2.95. The van der Waals surface area contributed by atoms with Gasteiger partial charge < -0.3 is 36.6 Å². The number of aliphatic hydroxyl groups is 2. The number of nitrogens with two attached hydrogens (primary N) is 1. The molecule has 5 atom stereocenters. The number of aliphatic hydroxyl groups excluding tert-OH is 2. The van der Waals surface area contributed by atoms with Crippen LogP contribution in [0.4, 0.5) is 0 Å². The maximum Gasteiger partial charge on any atom is 0.247 e. The van der Waals surface area contributed by atoms with Gasteiger partial charge in [0, 0.05) is 18.4 Å². The lowest BCUT2D eigenvalue weighted by atomic mass is 9.89. The van der Waals surface area contributed by atoms with Crippen LogP contribution in [0.2, 0.25) is 0 Å². The smallest absolute Gasteiger partial charge is 0.247 e. The van der Waals surface area contributed by atoms with Crippen molar-refractivity contribution in [2.75, 3.05) is 13.7 Å². The van der Waals surface area contributed by atoms with Gasteiger partial charge in [-0.05, 0) is 37.1 Å². The number of nitrogens with one attached hydrogen (secondary N) is 3. The molecule has 3 amide bonds. The van der Waals surface area contributed by atoms with Crippen LogP contribution in [0, 0.1) is 0 Å². The van der Waals surface area contributed by atoms with E-state index in [1.807, 2.05) is 0 Å². The van der Waals surface area contributed by atoms with Gasteiger partial charge in [-0.3, -0.25) is 14.4 Å². The average Bonchev–Trinajstić information content (AvgIpc) is 3.31. The van der Waals surface area contributed by atoms with Crippen LogP contribution in [-0.2, 0) is 20.8 Å². The molecule has 0 saturated carbocycles. The molecule has 1 aromatic carbocycles. The molecule has 0 aromatic heterocycles. The molecule has 1 aromatic rings. The van der Waals surface area contributed by atoms with Crippen LogP contribution in [0.3, 0.4) is 0 Å². The number of methoxy groups -OCH3 is 1. The fraction of sp³-hybridized carbons (Fsp3) is 0.500. The second kappa shape index (κ2) is 10.6. The predicted octanol–water partition coefficient (Wildman–Crippen LogP) is -1.50. The van der Waals surface area contributed by atoms with Gasteiger partial charge in [-0.1, -0.05) is 18.2 Å². The average molecular weight is 447 g/mol. The Kier molecular flexibility index (Phi) is 7.84. The van der Waals surface area contributed by atoms with Crippen molar-refractivity contribution in [3.8, 4) is 5.75 Å². The predicted molar refractivity (Wildman–Crippen MR) is 115 cm³/mol. The Bertz CT molecular complexity index is 866. The summed E-state index contributed by atoms with van der Waals surface area (Å²) in [6, 6.07) is 4.74. The lowest BCUT2D eigenvalue weighted by molar-refractivity contribution is -0.126. The number of carbonyl (C=O) groups is 3. The second-order valence-corrected chi connectivity index (χ2v) is 8.12. The molecular formula is C22H30N4O6. The van der Waals surface area contributed by atoms with E-state index in [9.17, 15) is 24.6 Å². The molecule has 7 N–H and O–H groups in total. The summed E-state index contributed by atoms with van der Waals surface area (Å²) in [7, 11) is 1.55. The van der Waals surface area contributed by atoms with Crippen LogP contribution >= 0.6 is 0 Å². The van der Waals surface area contributed by atoms with Crippen LogP contribution in [0.15, 0.2) is 35.9 Å². The summed E-state index contributed by atoms with van der Waals surface area (Å²) in [5.74, 6) is -0.935. The number of hydrogen-bond acceptors (Lipinski definition) is 7. The van der Waals surface area contributed by atoms with Crippen LogP contribution in [0.25, 0.3) is 0 Å². The van der Waals surface area contributed by atoms with Crippen molar-refractivity contribution in [3.05, 3.63) is 41.5 Å². The number of rotatable bonds is 8. The molecule has 0 spiro atoms. The number of primary amides is 1. The van der Waals surface area contributed by atoms with Crippen molar-refractivity contribution in [2.45, 2.75) is 56.0 Å². The summed E-state index contributed by atoms with van der Waals surface area (Å²) in [6.45, 7) is 0.736. The zero-order valence-corrected chi connectivity index (χ0v) is 17.9. The van der Waals surface area contributed by atoms with Gasteiger partial charge in [0.05, 0.1) is 25.3 Å². The number of amides is 3. The van der Waals surface area contributed by atoms with E-state index in [0.717, 1.165) is 18.5 Å². The normalized spacial score (nSPS) is 26.0. The zero-order chi connectivity index (χ0) is 23.3. The van der Waals surface area contributed by atoms with E-state index in [0.29, 0.717) is 12.2 Å². The molecule has 1 aliphatic carbocycles. The van der Waals surface area contributed by atoms with Crippen LogP contribution in [-0.4, -0.2) is 71.9 Å². The maximum atomic E-state index is 12.8. The van der Waals surface area contributed by atoms with E-state index < -0.39 is 36.1 Å². The Morgan fingerprint density at radius 1 is 1.25 bits per heavy atom. The van der Waals surface area contributed by atoms with E-state index in [4.69, 9.17) is 10.5 Å². The highest BCUT2D eigenvalue weighted by atomic mass is 16.5. The van der Waals surface area contributed by atoms with Gasteiger partial charge >= 0.3 is 0 Å². The van der Waals surface area contributed by atoms with Crippen molar-refractivity contribution in [1.82, 2.24) is 16.0 Å². The molecule has 10 nitrogen and oxygen atoms in total. The minimum Gasteiger partial charge on any atom is -0.497 e. The number of hydrogen-bond donors (Lipinski definition) is 6. The van der Waals surface area contributed by atoms with Gasteiger partial charge in [0.15, 0.2) is 0 Å². The highest BCUT2D eigenvalue weighted by molar-refractivity contribution is 5.97. The van der Waals surface area contributed by atoms with E-state index >= 15 is 0 Å². The number of benzene rings is 1. The van der Waals surface area contributed by atoms with Crippen molar-refractivity contribution in [3.63, 3.8) is 0 Å². The first-order valence-electron chi connectivity index (χ1n) is 10.6. The number of ether oxygens (including phenoxy) is 1. The Labute approximate surface area is 186 Å². The largest absolute Gasteiger partial charge is 0.497 e. The lowest BCUT2D eigenvalue weighted by Gasteiger charge is -2.32. The molecule has 0 radical (unpaired) electrons. The van der Waals surface area contributed by atoms with Gasteiger partial charge in [0.2, 0.25) is 17.7 Å². The lowest BCUT2D eigenvalue weighted by Crippen LogP contribution is -2.54. The van der Waals surface area contributed by atoms with E-state index in [1.165, 1.54) is 6.08 Å². The molecule has 5 unspecified atom stereocenters. The monoisotopic (exact) mass is 446 g/mol. The first-order valence-corrected chi connectivity index (χ1v) is 10.6. The fourth-order valence-electron chi connectivity index (χ4n) is 3.91. The molecule has 32 heavy (non-hydrogen) atoms. The molecular weight excluding hydrogens is 416 g/mol. The highest BCUT2D eigenvalue weighted by Crippen LogP contribution is 2.21. The van der Waals surface area contributed by atoms with Crippen LogP contribution in [0.1, 0.15) is 24.8 Å². The third-order valence-electron chi connectivity index (χ3n) is 5.80. The molecule has 1 aliphatic heterocycles. The fourth-order valence-corrected chi connectivity index (χ4v) is 3.91. The standard InChI is InChI=1S/C22H30N4O6/c1-32-14-6-4-12(5-7-14)9-17(20(23)29)26-21(30)13-10-16(19(28)18(27)11-13)25-22(31)15-3-2-8-24-15/h4-7,10,15-19,24,27-28H,2-3,8-9,11H2,1H3,(H2,23,29)(H,25,31)(H,26,30). The van der Waals surface area contributed by atoms with Gasteiger partial charge in [-0.2, -0.15) is 0 Å². The van der Waals surface area contributed by atoms with Crippen molar-refractivity contribution in [1.29, 1.82) is 0 Å². The van der Waals surface area contributed by atoms with Gasteiger partial charge in [0.25, 0.3) is 0 Å². The molecule has 1 fully saturated rings.